The first-order chi connectivity index (χ1) is 9.60. The van der Waals surface area contributed by atoms with Gasteiger partial charge in [0.15, 0.2) is 5.82 Å². The number of nitrogens with one attached hydrogen (secondary N) is 2. The minimum Gasteiger partial charge on any atom is -0.360 e. The van der Waals surface area contributed by atoms with Crippen LogP contribution < -0.4 is 10.6 Å². The zero-order chi connectivity index (χ0) is 14.1. The Hall–Kier alpha value is -1.40. The summed E-state index contributed by atoms with van der Waals surface area (Å²) in [5.41, 5.74) is 0. The van der Waals surface area contributed by atoms with E-state index >= 15 is 0 Å². The Kier molecular flexibility index (Phi) is 3.76. The molecule has 0 aliphatic carbocycles. The molecule has 1 aromatic rings. The molecule has 3 heterocycles. The molecule has 2 unspecified atom stereocenters. The summed E-state index contributed by atoms with van der Waals surface area (Å²) in [5, 5.41) is 10.2. The lowest BCUT2D eigenvalue weighted by Crippen LogP contribution is -2.48. The first kappa shape index (κ1) is 13.6. The number of aryl methyl sites for hydroxylation is 1. The van der Waals surface area contributed by atoms with Crippen LogP contribution in [0.2, 0.25) is 0 Å². The number of fused-ring (bicyclic) bond motifs is 2. The van der Waals surface area contributed by atoms with E-state index < -0.39 is 0 Å². The van der Waals surface area contributed by atoms with E-state index in [4.69, 9.17) is 4.52 Å². The molecule has 0 radical (unpaired) electrons. The van der Waals surface area contributed by atoms with Crippen LogP contribution in [0, 0.1) is 6.92 Å². The fourth-order valence-corrected chi connectivity index (χ4v) is 3.35. The lowest BCUT2D eigenvalue weighted by molar-refractivity contribution is -0.117. The second-order valence-corrected chi connectivity index (χ2v) is 6.05. The molecule has 6 heteroatoms. The SMILES string of the molecule is Cc1cc(NC(=O)CN(C)C2CC3CCC(C2)N3)no1. The quantitative estimate of drug-likeness (QED) is 0.864. The summed E-state index contributed by atoms with van der Waals surface area (Å²) >= 11 is 0. The maximum absolute atomic E-state index is 12.0. The van der Waals surface area contributed by atoms with Crippen molar-refractivity contribution in [2.24, 2.45) is 0 Å². The van der Waals surface area contributed by atoms with Gasteiger partial charge in [-0.1, -0.05) is 5.16 Å². The number of rotatable bonds is 4. The van der Waals surface area contributed by atoms with Crippen LogP contribution in [0.5, 0.6) is 0 Å². The molecule has 0 aromatic carbocycles. The van der Waals surface area contributed by atoms with E-state index in [1.165, 1.54) is 12.8 Å². The molecule has 6 nitrogen and oxygen atoms in total. The van der Waals surface area contributed by atoms with Crippen molar-refractivity contribution in [3.05, 3.63) is 11.8 Å². The third kappa shape index (κ3) is 3.02. The zero-order valence-corrected chi connectivity index (χ0v) is 12.1. The second-order valence-electron chi connectivity index (χ2n) is 6.05. The molecule has 3 rings (SSSR count). The summed E-state index contributed by atoms with van der Waals surface area (Å²) in [6, 6.07) is 3.51. The van der Waals surface area contributed by atoms with Gasteiger partial charge in [0.25, 0.3) is 0 Å². The molecule has 2 aliphatic rings. The zero-order valence-electron chi connectivity index (χ0n) is 12.1. The van der Waals surface area contributed by atoms with Crippen LogP contribution in [0.15, 0.2) is 10.6 Å². The number of anilines is 1. The van der Waals surface area contributed by atoms with E-state index in [1.807, 2.05) is 7.05 Å². The lowest BCUT2D eigenvalue weighted by atomic mass is 9.98. The van der Waals surface area contributed by atoms with Crippen molar-refractivity contribution in [2.45, 2.75) is 50.7 Å². The Morgan fingerprint density at radius 1 is 1.50 bits per heavy atom. The average Bonchev–Trinajstić information content (AvgIpc) is 2.95. The van der Waals surface area contributed by atoms with E-state index in [2.05, 4.69) is 20.7 Å². The first-order valence-corrected chi connectivity index (χ1v) is 7.29. The average molecular weight is 278 g/mol. The summed E-state index contributed by atoms with van der Waals surface area (Å²) in [5.74, 6) is 1.15. The summed E-state index contributed by atoms with van der Waals surface area (Å²) in [4.78, 5) is 14.2. The molecule has 2 saturated heterocycles. The highest BCUT2D eigenvalue weighted by molar-refractivity contribution is 5.91. The maximum Gasteiger partial charge on any atom is 0.239 e. The van der Waals surface area contributed by atoms with Crippen molar-refractivity contribution in [1.82, 2.24) is 15.4 Å². The van der Waals surface area contributed by atoms with Gasteiger partial charge < -0.3 is 15.2 Å². The molecule has 2 aliphatic heterocycles. The maximum atomic E-state index is 12.0. The Bertz CT molecular complexity index is 475. The number of amides is 1. The predicted molar refractivity (Wildman–Crippen MR) is 75.5 cm³/mol. The molecule has 0 saturated carbocycles. The number of piperidine rings is 1. The molecule has 0 spiro atoms. The van der Waals surface area contributed by atoms with Crippen LogP contribution in [0.3, 0.4) is 0 Å². The minimum atomic E-state index is -0.0355. The van der Waals surface area contributed by atoms with E-state index in [-0.39, 0.29) is 5.91 Å². The first-order valence-electron chi connectivity index (χ1n) is 7.29. The normalized spacial score (nSPS) is 28.9. The molecule has 2 fully saturated rings. The second kappa shape index (κ2) is 5.54. The minimum absolute atomic E-state index is 0.0355. The number of nitrogens with zero attached hydrogens (tertiary/aromatic N) is 2. The molecular formula is C14H22N4O2. The van der Waals surface area contributed by atoms with Crippen molar-refractivity contribution in [1.29, 1.82) is 0 Å². The number of likely N-dealkylation sites (N-methyl/N-ethyl adjacent to an activating group) is 1. The molecule has 2 N–H and O–H groups in total. The van der Waals surface area contributed by atoms with Gasteiger partial charge in [0.1, 0.15) is 5.76 Å². The highest BCUT2D eigenvalue weighted by Crippen LogP contribution is 2.29. The molecule has 1 amide bonds. The molecule has 2 bridgehead atoms. The number of carbonyl (C=O) groups is 1. The number of aromatic nitrogens is 1. The Morgan fingerprint density at radius 3 is 2.80 bits per heavy atom. The third-order valence-corrected chi connectivity index (χ3v) is 4.36. The Morgan fingerprint density at radius 2 is 2.20 bits per heavy atom. The van der Waals surface area contributed by atoms with Crippen molar-refractivity contribution in [3.8, 4) is 0 Å². The monoisotopic (exact) mass is 278 g/mol. The summed E-state index contributed by atoms with van der Waals surface area (Å²) in [6.07, 6.45) is 4.84. The van der Waals surface area contributed by atoms with Gasteiger partial charge in [0, 0.05) is 24.2 Å². The Labute approximate surface area is 118 Å². The largest absolute Gasteiger partial charge is 0.360 e. The van der Waals surface area contributed by atoms with Gasteiger partial charge in [0.2, 0.25) is 5.91 Å². The van der Waals surface area contributed by atoms with E-state index in [9.17, 15) is 4.79 Å². The third-order valence-electron chi connectivity index (χ3n) is 4.36. The molecule has 2 atom stereocenters. The number of hydrogen-bond acceptors (Lipinski definition) is 5. The molecular weight excluding hydrogens is 256 g/mol. The van der Waals surface area contributed by atoms with Gasteiger partial charge in [-0.25, -0.2) is 0 Å². The Balaban J connectivity index is 1.50. The fourth-order valence-electron chi connectivity index (χ4n) is 3.35. The topological polar surface area (TPSA) is 70.4 Å². The smallest absolute Gasteiger partial charge is 0.239 e. The van der Waals surface area contributed by atoms with Gasteiger partial charge in [-0.3, -0.25) is 9.69 Å². The van der Waals surface area contributed by atoms with Gasteiger partial charge in [-0.05, 0) is 39.7 Å². The van der Waals surface area contributed by atoms with Gasteiger partial charge in [-0.2, -0.15) is 0 Å². The lowest BCUT2D eigenvalue weighted by Gasteiger charge is -2.35. The van der Waals surface area contributed by atoms with Gasteiger partial charge in [0.05, 0.1) is 6.54 Å². The predicted octanol–water partition coefficient (Wildman–Crippen LogP) is 1.14. The van der Waals surface area contributed by atoms with E-state index in [0.717, 1.165) is 12.8 Å². The highest BCUT2D eigenvalue weighted by Gasteiger charge is 2.35. The molecule has 1 aromatic heterocycles. The fraction of sp³-hybridized carbons (Fsp3) is 0.714. The summed E-state index contributed by atoms with van der Waals surface area (Å²) < 4.78 is 4.94. The van der Waals surface area contributed by atoms with Gasteiger partial charge in [-0.15, -0.1) is 0 Å². The standard InChI is InChI=1S/C14H22N4O2/c1-9-5-13(17-20-9)16-14(19)8-18(2)12-6-10-3-4-11(7-12)15-10/h5,10-12,15H,3-4,6-8H2,1-2H3,(H,16,17,19). The van der Waals surface area contributed by atoms with Crippen molar-refractivity contribution in [3.63, 3.8) is 0 Å². The van der Waals surface area contributed by atoms with Crippen LogP contribution >= 0.6 is 0 Å². The summed E-state index contributed by atoms with van der Waals surface area (Å²) in [6.45, 7) is 2.20. The summed E-state index contributed by atoms with van der Waals surface area (Å²) in [7, 11) is 2.03. The van der Waals surface area contributed by atoms with Crippen molar-refractivity contribution >= 4 is 11.7 Å². The highest BCUT2D eigenvalue weighted by atomic mass is 16.5. The van der Waals surface area contributed by atoms with Crippen molar-refractivity contribution < 1.29 is 9.32 Å². The van der Waals surface area contributed by atoms with Crippen molar-refractivity contribution in [2.75, 3.05) is 18.9 Å². The number of carbonyl (C=O) groups excluding carboxylic acids is 1. The molecule has 110 valence electrons. The number of hydrogen-bond donors (Lipinski definition) is 2. The van der Waals surface area contributed by atoms with Crippen LogP contribution in [0.1, 0.15) is 31.4 Å². The van der Waals surface area contributed by atoms with Crippen LogP contribution in [-0.4, -0.2) is 47.7 Å². The van der Waals surface area contributed by atoms with Crippen LogP contribution in [0.4, 0.5) is 5.82 Å². The van der Waals surface area contributed by atoms with Gasteiger partial charge >= 0.3 is 0 Å². The molecule has 20 heavy (non-hydrogen) atoms. The van der Waals surface area contributed by atoms with E-state index in [1.54, 1.807) is 13.0 Å². The van der Waals surface area contributed by atoms with Crippen LogP contribution in [0.25, 0.3) is 0 Å². The van der Waals surface area contributed by atoms with Crippen LogP contribution in [-0.2, 0) is 4.79 Å². The van der Waals surface area contributed by atoms with E-state index in [0.29, 0.717) is 36.2 Å².